The molecular formula is C16H15F3N2O2. The Labute approximate surface area is 130 Å². The third-order valence-corrected chi connectivity index (χ3v) is 3.81. The molecule has 4 nitrogen and oxygen atoms in total. The molecule has 0 saturated carbocycles. The SMILES string of the molecule is CNc1oc(C2C=NCC2)c(O)c1-c1cccc(C(F)(F)F)c1. The summed E-state index contributed by atoms with van der Waals surface area (Å²) in [5.41, 5.74) is -0.304. The monoisotopic (exact) mass is 324 g/mol. The maximum Gasteiger partial charge on any atom is 0.416 e. The van der Waals surface area contributed by atoms with Crippen LogP contribution in [0.15, 0.2) is 33.7 Å². The highest BCUT2D eigenvalue weighted by atomic mass is 19.4. The zero-order valence-corrected chi connectivity index (χ0v) is 12.3. The lowest BCUT2D eigenvalue weighted by Gasteiger charge is -2.09. The Morgan fingerprint density at radius 2 is 2.13 bits per heavy atom. The molecule has 2 N–H and O–H groups in total. The van der Waals surface area contributed by atoms with Crippen LogP contribution in [0.3, 0.4) is 0 Å². The van der Waals surface area contributed by atoms with Gasteiger partial charge in [-0.1, -0.05) is 12.1 Å². The molecule has 1 aromatic heterocycles. The van der Waals surface area contributed by atoms with E-state index in [1.807, 2.05) is 0 Å². The molecule has 2 aromatic rings. The van der Waals surface area contributed by atoms with E-state index in [1.54, 1.807) is 13.3 Å². The number of alkyl halides is 3. The van der Waals surface area contributed by atoms with E-state index in [4.69, 9.17) is 4.42 Å². The number of hydrogen-bond donors (Lipinski definition) is 2. The molecule has 1 aliphatic rings. The summed E-state index contributed by atoms with van der Waals surface area (Å²) in [5.74, 6) is 0.244. The average molecular weight is 324 g/mol. The van der Waals surface area contributed by atoms with Gasteiger partial charge < -0.3 is 14.8 Å². The Balaban J connectivity index is 2.11. The summed E-state index contributed by atoms with van der Waals surface area (Å²) >= 11 is 0. The molecule has 0 saturated heterocycles. The molecule has 23 heavy (non-hydrogen) atoms. The van der Waals surface area contributed by atoms with Crippen molar-refractivity contribution in [3.8, 4) is 16.9 Å². The molecular weight excluding hydrogens is 309 g/mol. The lowest BCUT2D eigenvalue weighted by Crippen LogP contribution is -2.04. The Kier molecular flexibility index (Phi) is 3.79. The molecule has 0 bridgehead atoms. The highest BCUT2D eigenvalue weighted by Gasteiger charge is 2.32. The zero-order chi connectivity index (χ0) is 16.6. The average Bonchev–Trinajstić information content (AvgIpc) is 3.13. The van der Waals surface area contributed by atoms with Crippen LogP contribution in [0.5, 0.6) is 5.75 Å². The lowest BCUT2D eigenvalue weighted by atomic mass is 10.00. The lowest BCUT2D eigenvalue weighted by molar-refractivity contribution is -0.137. The third kappa shape index (κ3) is 2.78. The Morgan fingerprint density at radius 3 is 2.74 bits per heavy atom. The van der Waals surface area contributed by atoms with Gasteiger partial charge in [-0.05, 0) is 24.1 Å². The normalized spacial score (nSPS) is 17.7. The van der Waals surface area contributed by atoms with Gasteiger partial charge in [0.15, 0.2) is 11.5 Å². The first-order valence-electron chi connectivity index (χ1n) is 7.12. The first-order valence-corrected chi connectivity index (χ1v) is 7.12. The number of rotatable bonds is 3. The predicted molar refractivity (Wildman–Crippen MR) is 81.1 cm³/mol. The van der Waals surface area contributed by atoms with E-state index < -0.39 is 11.7 Å². The molecule has 0 amide bonds. The van der Waals surface area contributed by atoms with Crippen molar-refractivity contribution in [2.75, 3.05) is 18.9 Å². The van der Waals surface area contributed by atoms with Gasteiger partial charge in [0, 0.05) is 19.8 Å². The number of nitrogens with zero attached hydrogens (tertiary/aromatic N) is 1. The van der Waals surface area contributed by atoms with E-state index in [-0.39, 0.29) is 28.7 Å². The molecule has 0 aliphatic carbocycles. The number of anilines is 1. The fraction of sp³-hybridized carbons (Fsp3) is 0.312. The maximum atomic E-state index is 12.9. The van der Waals surface area contributed by atoms with Crippen molar-refractivity contribution in [3.05, 3.63) is 35.6 Å². The first-order chi connectivity index (χ1) is 10.9. The van der Waals surface area contributed by atoms with Gasteiger partial charge in [0.2, 0.25) is 5.88 Å². The van der Waals surface area contributed by atoms with Crippen molar-refractivity contribution >= 4 is 12.1 Å². The van der Waals surface area contributed by atoms with Gasteiger partial charge >= 0.3 is 6.18 Å². The van der Waals surface area contributed by atoms with E-state index in [0.29, 0.717) is 18.7 Å². The van der Waals surface area contributed by atoms with Crippen molar-refractivity contribution in [2.45, 2.75) is 18.5 Å². The number of aromatic hydroxyl groups is 1. The van der Waals surface area contributed by atoms with Crippen LogP contribution in [-0.4, -0.2) is 24.9 Å². The van der Waals surface area contributed by atoms with Crippen molar-refractivity contribution in [2.24, 2.45) is 4.99 Å². The summed E-state index contributed by atoms with van der Waals surface area (Å²) < 4.78 is 44.3. The highest BCUT2D eigenvalue weighted by molar-refractivity contribution is 5.84. The number of nitrogens with one attached hydrogen (secondary N) is 1. The summed E-state index contributed by atoms with van der Waals surface area (Å²) in [6, 6.07) is 4.80. The maximum absolute atomic E-state index is 12.9. The zero-order valence-electron chi connectivity index (χ0n) is 12.3. The number of furan rings is 1. The molecule has 1 unspecified atom stereocenters. The summed E-state index contributed by atoms with van der Waals surface area (Å²) in [6.45, 7) is 0.637. The minimum absolute atomic E-state index is 0.146. The molecule has 0 radical (unpaired) electrons. The number of halogens is 3. The van der Waals surface area contributed by atoms with Gasteiger partial charge in [-0.25, -0.2) is 0 Å². The van der Waals surface area contributed by atoms with Gasteiger partial charge in [-0.3, -0.25) is 4.99 Å². The topological polar surface area (TPSA) is 57.8 Å². The molecule has 0 spiro atoms. The van der Waals surface area contributed by atoms with Crippen molar-refractivity contribution in [1.29, 1.82) is 0 Å². The van der Waals surface area contributed by atoms with Crippen molar-refractivity contribution in [3.63, 3.8) is 0 Å². The Morgan fingerprint density at radius 1 is 1.35 bits per heavy atom. The Hall–Kier alpha value is -2.44. The Bertz CT molecular complexity index is 750. The smallest absolute Gasteiger partial charge is 0.416 e. The van der Waals surface area contributed by atoms with E-state index in [9.17, 15) is 18.3 Å². The minimum atomic E-state index is -4.45. The largest absolute Gasteiger partial charge is 0.504 e. The van der Waals surface area contributed by atoms with Gasteiger partial charge in [-0.15, -0.1) is 0 Å². The quantitative estimate of drug-likeness (QED) is 0.886. The molecule has 1 aliphatic heterocycles. The first kappa shape index (κ1) is 15.5. The van der Waals surface area contributed by atoms with E-state index >= 15 is 0 Å². The van der Waals surface area contributed by atoms with Crippen LogP contribution >= 0.6 is 0 Å². The molecule has 3 rings (SSSR count). The number of benzene rings is 1. The highest BCUT2D eigenvalue weighted by Crippen LogP contribution is 2.46. The van der Waals surface area contributed by atoms with Crippen molar-refractivity contribution < 1.29 is 22.7 Å². The van der Waals surface area contributed by atoms with Gasteiger partial charge in [0.05, 0.1) is 17.0 Å². The van der Waals surface area contributed by atoms with E-state index in [1.165, 1.54) is 12.1 Å². The molecule has 122 valence electrons. The summed E-state index contributed by atoms with van der Waals surface area (Å²) in [7, 11) is 1.59. The van der Waals surface area contributed by atoms with E-state index in [2.05, 4.69) is 10.3 Å². The van der Waals surface area contributed by atoms with Crippen LogP contribution in [0.4, 0.5) is 19.1 Å². The van der Waals surface area contributed by atoms with Crippen LogP contribution in [0.2, 0.25) is 0 Å². The molecule has 7 heteroatoms. The van der Waals surface area contributed by atoms with Crippen LogP contribution < -0.4 is 5.32 Å². The van der Waals surface area contributed by atoms with Gasteiger partial charge in [0.1, 0.15) is 0 Å². The van der Waals surface area contributed by atoms with E-state index in [0.717, 1.165) is 12.1 Å². The van der Waals surface area contributed by atoms with Gasteiger partial charge in [0.25, 0.3) is 0 Å². The van der Waals surface area contributed by atoms with Crippen LogP contribution in [0.25, 0.3) is 11.1 Å². The molecule has 0 fully saturated rings. The number of hydrogen-bond acceptors (Lipinski definition) is 4. The fourth-order valence-corrected chi connectivity index (χ4v) is 2.67. The van der Waals surface area contributed by atoms with Crippen LogP contribution in [-0.2, 0) is 6.18 Å². The standard InChI is InChI=1S/C16H15F3N2O2/c1-20-15-12(9-3-2-4-11(7-9)16(17,18)19)13(22)14(23-15)10-5-6-21-8-10/h2-4,7-8,10,20,22H,5-6H2,1H3. The second-order valence-corrected chi connectivity index (χ2v) is 5.30. The van der Waals surface area contributed by atoms with Crippen molar-refractivity contribution in [1.82, 2.24) is 0 Å². The molecule has 2 heterocycles. The second-order valence-electron chi connectivity index (χ2n) is 5.30. The van der Waals surface area contributed by atoms with Crippen LogP contribution in [0, 0.1) is 0 Å². The van der Waals surface area contributed by atoms with Crippen LogP contribution in [0.1, 0.15) is 23.7 Å². The summed E-state index contributed by atoms with van der Waals surface area (Å²) in [5, 5.41) is 13.3. The predicted octanol–water partition coefficient (Wildman–Crippen LogP) is 4.27. The molecule has 1 atom stereocenters. The second kappa shape index (κ2) is 5.64. The summed E-state index contributed by atoms with van der Waals surface area (Å²) in [6.07, 6.45) is -2.06. The van der Waals surface area contributed by atoms with Gasteiger partial charge in [-0.2, -0.15) is 13.2 Å². The minimum Gasteiger partial charge on any atom is -0.504 e. The fourth-order valence-electron chi connectivity index (χ4n) is 2.67. The third-order valence-electron chi connectivity index (χ3n) is 3.81. The number of aliphatic imine (C=N–C) groups is 1. The molecule has 1 aromatic carbocycles. The summed E-state index contributed by atoms with van der Waals surface area (Å²) in [4.78, 5) is 4.10.